The molecule has 0 spiro atoms. The number of anilines is 1. The Morgan fingerprint density at radius 1 is 1.34 bits per heavy atom. The number of amidine groups is 1. The number of nitrogens with zero attached hydrogens (tertiary/aromatic N) is 3. The first-order valence-electron chi connectivity index (χ1n) is 11.0. The number of nitrogens with one attached hydrogen (secondary N) is 1. The number of rotatable bonds is 6. The highest BCUT2D eigenvalue weighted by Gasteiger charge is 2.33. The van der Waals surface area contributed by atoms with Crippen LogP contribution in [0.25, 0.3) is 0 Å². The molecule has 1 unspecified atom stereocenters. The van der Waals surface area contributed by atoms with Crippen molar-refractivity contribution >= 4 is 17.3 Å². The molecule has 1 N–H and O–H groups in total. The molecule has 32 heavy (non-hydrogen) atoms. The Balaban J connectivity index is 1.45. The van der Waals surface area contributed by atoms with Gasteiger partial charge in [0.2, 0.25) is 0 Å². The van der Waals surface area contributed by atoms with Crippen LogP contribution in [0.5, 0.6) is 11.5 Å². The van der Waals surface area contributed by atoms with Gasteiger partial charge in [-0.05, 0) is 43.5 Å². The van der Waals surface area contributed by atoms with Gasteiger partial charge in [0.1, 0.15) is 18.3 Å². The smallest absolute Gasteiger partial charge is 0.191 e. The fraction of sp³-hybridized carbons (Fsp3) is 0.375. The first-order chi connectivity index (χ1) is 15.7. The number of ether oxygens (including phenoxy) is 3. The molecular weight excluding hydrogens is 408 g/mol. The first-order valence-corrected chi connectivity index (χ1v) is 11.0. The van der Waals surface area contributed by atoms with E-state index in [2.05, 4.69) is 15.3 Å². The second-order valence-corrected chi connectivity index (χ2v) is 7.94. The molecule has 1 aromatic heterocycles. The van der Waals surface area contributed by atoms with Crippen molar-refractivity contribution in [1.82, 2.24) is 9.88 Å². The van der Waals surface area contributed by atoms with E-state index in [0.29, 0.717) is 42.6 Å². The lowest BCUT2D eigenvalue weighted by Gasteiger charge is -2.32. The van der Waals surface area contributed by atoms with Crippen LogP contribution in [0.15, 0.2) is 53.5 Å². The minimum absolute atomic E-state index is 0.0970. The number of carbonyl (C=O) groups is 1. The van der Waals surface area contributed by atoms with Crippen LogP contribution in [0.3, 0.4) is 0 Å². The van der Waals surface area contributed by atoms with E-state index in [9.17, 15) is 4.79 Å². The molecule has 0 aliphatic carbocycles. The van der Waals surface area contributed by atoms with Crippen molar-refractivity contribution in [2.45, 2.75) is 25.4 Å². The van der Waals surface area contributed by atoms with Gasteiger partial charge in [0.25, 0.3) is 0 Å². The van der Waals surface area contributed by atoms with Gasteiger partial charge in [-0.15, -0.1) is 0 Å². The normalized spacial score (nSPS) is 20.8. The molecule has 2 aromatic rings. The lowest BCUT2D eigenvalue weighted by atomic mass is 10.1. The molecular formula is C24H26N4O4. The number of allylic oxidation sites excluding steroid dienone is 1. The SMILES string of the molecule is COc1c(OCC2CCCCO2)ccc2c1N/C(=C\C(=O)c1cccnc1)N1CCN=C21. The van der Waals surface area contributed by atoms with Crippen molar-refractivity contribution in [3.05, 3.63) is 59.7 Å². The lowest BCUT2D eigenvalue weighted by Crippen LogP contribution is -2.36. The number of fused-ring (bicyclic) bond motifs is 3. The monoisotopic (exact) mass is 434 g/mol. The summed E-state index contributed by atoms with van der Waals surface area (Å²) in [5.74, 6) is 2.58. The van der Waals surface area contributed by atoms with Crippen LogP contribution in [-0.2, 0) is 4.74 Å². The molecule has 1 aromatic carbocycles. The summed E-state index contributed by atoms with van der Waals surface area (Å²) in [5, 5.41) is 3.40. The Morgan fingerprint density at radius 3 is 3.06 bits per heavy atom. The summed E-state index contributed by atoms with van der Waals surface area (Å²) in [4.78, 5) is 23.6. The van der Waals surface area contributed by atoms with E-state index in [1.54, 1.807) is 37.7 Å². The zero-order valence-electron chi connectivity index (χ0n) is 18.0. The number of carbonyl (C=O) groups excluding carboxylic acids is 1. The summed E-state index contributed by atoms with van der Waals surface area (Å²) in [6, 6.07) is 7.40. The van der Waals surface area contributed by atoms with Gasteiger partial charge in [0.15, 0.2) is 17.3 Å². The molecule has 1 saturated heterocycles. The van der Waals surface area contributed by atoms with E-state index in [-0.39, 0.29) is 11.9 Å². The summed E-state index contributed by atoms with van der Waals surface area (Å²) >= 11 is 0. The highest BCUT2D eigenvalue weighted by molar-refractivity contribution is 6.11. The molecule has 3 aliphatic rings. The zero-order valence-corrected chi connectivity index (χ0v) is 18.0. The van der Waals surface area contributed by atoms with Gasteiger partial charge in [-0.25, -0.2) is 0 Å². The van der Waals surface area contributed by atoms with Crippen LogP contribution >= 0.6 is 0 Å². The molecule has 5 rings (SSSR count). The van der Waals surface area contributed by atoms with E-state index in [1.165, 1.54) is 0 Å². The number of pyridine rings is 1. The summed E-state index contributed by atoms with van der Waals surface area (Å²) in [6.07, 6.45) is 8.16. The lowest BCUT2D eigenvalue weighted by molar-refractivity contribution is -0.0114. The van der Waals surface area contributed by atoms with Crippen molar-refractivity contribution in [3.63, 3.8) is 0 Å². The van der Waals surface area contributed by atoms with Gasteiger partial charge in [0.05, 0.1) is 25.4 Å². The Labute approximate surface area is 186 Å². The third-order valence-corrected chi connectivity index (χ3v) is 5.86. The second-order valence-electron chi connectivity index (χ2n) is 7.94. The Kier molecular flexibility index (Phi) is 5.77. The van der Waals surface area contributed by atoms with E-state index in [1.807, 2.05) is 17.0 Å². The number of methoxy groups -OCH3 is 1. The number of aliphatic imine (C=N–C) groups is 1. The summed E-state index contributed by atoms with van der Waals surface area (Å²) in [6.45, 7) is 2.62. The minimum atomic E-state index is -0.129. The fourth-order valence-electron chi connectivity index (χ4n) is 4.25. The largest absolute Gasteiger partial charge is 0.491 e. The summed E-state index contributed by atoms with van der Waals surface area (Å²) in [5.41, 5.74) is 2.20. The predicted octanol–water partition coefficient (Wildman–Crippen LogP) is 3.25. The molecule has 0 radical (unpaired) electrons. The van der Waals surface area contributed by atoms with E-state index in [0.717, 1.165) is 43.0 Å². The Hall–Kier alpha value is -3.39. The maximum absolute atomic E-state index is 12.8. The Morgan fingerprint density at radius 2 is 2.28 bits per heavy atom. The van der Waals surface area contributed by atoms with Gasteiger partial charge in [-0.1, -0.05) is 0 Å². The number of hydrogen-bond acceptors (Lipinski definition) is 8. The van der Waals surface area contributed by atoms with Crippen molar-refractivity contribution in [2.75, 3.05) is 38.7 Å². The van der Waals surface area contributed by atoms with Gasteiger partial charge in [-0.2, -0.15) is 0 Å². The molecule has 0 amide bonds. The molecule has 8 heteroatoms. The van der Waals surface area contributed by atoms with Crippen LogP contribution in [0.4, 0.5) is 5.69 Å². The number of ketones is 1. The van der Waals surface area contributed by atoms with Crippen molar-refractivity contribution in [1.29, 1.82) is 0 Å². The van der Waals surface area contributed by atoms with Crippen LogP contribution in [0.2, 0.25) is 0 Å². The van der Waals surface area contributed by atoms with Crippen LogP contribution in [0.1, 0.15) is 35.2 Å². The maximum Gasteiger partial charge on any atom is 0.191 e. The topological polar surface area (TPSA) is 85.3 Å². The molecule has 4 heterocycles. The van der Waals surface area contributed by atoms with E-state index >= 15 is 0 Å². The van der Waals surface area contributed by atoms with Crippen LogP contribution in [-0.4, -0.2) is 61.0 Å². The second kappa shape index (κ2) is 9.00. The number of aromatic nitrogens is 1. The average molecular weight is 434 g/mol. The average Bonchev–Trinajstić information content (AvgIpc) is 3.34. The number of hydrogen-bond donors (Lipinski definition) is 1. The molecule has 0 saturated carbocycles. The molecule has 166 valence electrons. The molecule has 8 nitrogen and oxygen atoms in total. The molecule has 1 atom stereocenters. The van der Waals surface area contributed by atoms with E-state index < -0.39 is 0 Å². The highest BCUT2D eigenvalue weighted by Crippen LogP contribution is 2.43. The third kappa shape index (κ3) is 3.93. The fourth-order valence-corrected chi connectivity index (χ4v) is 4.25. The standard InChI is InChI=1S/C24H26N4O4/c1-30-23-20(32-15-17-6-2-3-12-31-17)8-7-18-22(23)27-21(28-11-10-26-24(18)28)13-19(29)16-5-4-9-25-14-16/h4-5,7-9,13-14,17,27H,2-3,6,10-12,15H2,1H3/b21-13+. The molecule has 3 aliphatic heterocycles. The van der Waals surface area contributed by atoms with Crippen molar-refractivity contribution in [3.8, 4) is 11.5 Å². The van der Waals surface area contributed by atoms with Gasteiger partial charge in [0, 0.05) is 42.7 Å². The van der Waals surface area contributed by atoms with Crippen LogP contribution < -0.4 is 14.8 Å². The highest BCUT2D eigenvalue weighted by atomic mass is 16.5. The minimum Gasteiger partial charge on any atom is -0.491 e. The quantitative estimate of drug-likeness (QED) is 0.552. The first kappa shape index (κ1) is 20.5. The number of benzene rings is 1. The van der Waals surface area contributed by atoms with Crippen molar-refractivity contribution in [2.24, 2.45) is 4.99 Å². The molecule has 1 fully saturated rings. The summed E-state index contributed by atoms with van der Waals surface area (Å²) in [7, 11) is 1.62. The molecule has 0 bridgehead atoms. The van der Waals surface area contributed by atoms with Gasteiger partial charge in [-0.3, -0.25) is 14.8 Å². The third-order valence-electron chi connectivity index (χ3n) is 5.86. The van der Waals surface area contributed by atoms with Crippen LogP contribution in [0, 0.1) is 0 Å². The predicted molar refractivity (Wildman–Crippen MR) is 120 cm³/mol. The Bertz CT molecular complexity index is 1060. The zero-order chi connectivity index (χ0) is 21.9. The van der Waals surface area contributed by atoms with E-state index in [4.69, 9.17) is 14.2 Å². The maximum atomic E-state index is 12.8. The summed E-state index contributed by atoms with van der Waals surface area (Å²) < 4.78 is 17.6. The van der Waals surface area contributed by atoms with Gasteiger partial charge >= 0.3 is 0 Å². The van der Waals surface area contributed by atoms with Crippen molar-refractivity contribution < 1.29 is 19.0 Å². The van der Waals surface area contributed by atoms with Gasteiger partial charge < -0.3 is 24.4 Å².